The molecule has 0 aromatic heterocycles. The zero-order chi connectivity index (χ0) is 11.4. The predicted octanol–water partition coefficient (Wildman–Crippen LogP) is 4.05. The van der Waals surface area contributed by atoms with E-state index in [1.54, 1.807) is 6.08 Å². The maximum absolute atomic E-state index is 5.82. The van der Waals surface area contributed by atoms with Crippen LogP contribution in [0.3, 0.4) is 0 Å². The highest BCUT2D eigenvalue weighted by atomic mass is 127. The van der Waals surface area contributed by atoms with E-state index in [4.69, 9.17) is 9.16 Å². The third-order valence-electron chi connectivity index (χ3n) is 1.30. The number of rotatable bonds is 5. The highest BCUT2D eigenvalue weighted by Gasteiger charge is 2.20. The monoisotopic (exact) mass is 326 g/mol. The number of allylic oxidation sites excluding steroid dienone is 2. The molecule has 0 amide bonds. The molecule has 0 aliphatic rings. The van der Waals surface area contributed by atoms with Crippen molar-refractivity contribution in [2.24, 2.45) is 0 Å². The van der Waals surface area contributed by atoms with Crippen LogP contribution in [-0.2, 0) is 9.16 Å². The average Bonchev–Trinajstić information content (AvgIpc) is 1.98. The maximum atomic E-state index is 5.82. The lowest BCUT2D eigenvalue weighted by molar-refractivity contribution is 0.0994. The summed E-state index contributed by atoms with van der Waals surface area (Å²) in [6, 6.07) is 0. The molecule has 14 heavy (non-hydrogen) atoms. The van der Waals surface area contributed by atoms with Crippen LogP contribution in [0.2, 0.25) is 19.6 Å². The van der Waals surface area contributed by atoms with Gasteiger partial charge in [0.2, 0.25) is 8.32 Å². The molecule has 0 radical (unpaired) electrons. The molecular weight excluding hydrogens is 307 g/mol. The highest BCUT2D eigenvalue weighted by molar-refractivity contribution is 14.1. The standard InChI is InChI=1S/C10H19IO2Si/c1-7-8(2)10(12-9(3)11)13-14(4,5)6/h7,9H,1H2,2-6H3. The highest BCUT2D eigenvalue weighted by Crippen LogP contribution is 2.19. The Hall–Kier alpha value is 0.0269. The van der Waals surface area contributed by atoms with Gasteiger partial charge in [-0.1, -0.05) is 12.7 Å². The first kappa shape index (κ1) is 14.0. The van der Waals surface area contributed by atoms with Gasteiger partial charge in [-0.05, 0) is 56.1 Å². The molecule has 0 saturated carbocycles. The number of hydrogen-bond acceptors (Lipinski definition) is 2. The van der Waals surface area contributed by atoms with Crippen molar-refractivity contribution in [1.82, 2.24) is 0 Å². The molecular formula is C10H19IO2Si. The van der Waals surface area contributed by atoms with E-state index in [1.807, 2.05) is 13.8 Å². The van der Waals surface area contributed by atoms with Crippen molar-refractivity contribution in [2.45, 2.75) is 37.6 Å². The molecule has 0 aromatic carbocycles. The van der Waals surface area contributed by atoms with Gasteiger partial charge in [0.05, 0.1) is 0 Å². The second kappa shape index (κ2) is 5.80. The Morgan fingerprint density at radius 2 is 1.93 bits per heavy atom. The molecule has 4 heteroatoms. The summed E-state index contributed by atoms with van der Waals surface area (Å²) >= 11 is 2.20. The quantitative estimate of drug-likeness (QED) is 0.249. The fraction of sp³-hybridized carbons (Fsp3) is 0.600. The first-order valence-corrected chi connectivity index (χ1v) is 9.24. The van der Waals surface area contributed by atoms with Crippen LogP contribution in [0.15, 0.2) is 24.2 Å². The molecule has 0 N–H and O–H groups in total. The van der Waals surface area contributed by atoms with E-state index in [2.05, 4.69) is 48.8 Å². The van der Waals surface area contributed by atoms with Gasteiger partial charge in [0.15, 0.2) is 0 Å². The molecule has 0 aliphatic carbocycles. The molecule has 0 saturated heterocycles. The van der Waals surface area contributed by atoms with E-state index < -0.39 is 8.32 Å². The van der Waals surface area contributed by atoms with Gasteiger partial charge >= 0.3 is 0 Å². The van der Waals surface area contributed by atoms with Crippen LogP contribution in [0, 0.1) is 0 Å². The van der Waals surface area contributed by atoms with Gasteiger partial charge in [-0.25, -0.2) is 0 Å². The average molecular weight is 326 g/mol. The predicted molar refractivity (Wildman–Crippen MR) is 71.9 cm³/mol. The third kappa shape index (κ3) is 6.48. The molecule has 0 rings (SSSR count). The molecule has 0 bridgehead atoms. The lowest BCUT2D eigenvalue weighted by Crippen LogP contribution is -2.26. The van der Waals surface area contributed by atoms with Gasteiger partial charge < -0.3 is 9.16 Å². The van der Waals surface area contributed by atoms with Crippen molar-refractivity contribution in [3.8, 4) is 0 Å². The van der Waals surface area contributed by atoms with Crippen molar-refractivity contribution in [3.63, 3.8) is 0 Å². The Morgan fingerprint density at radius 1 is 1.43 bits per heavy atom. The molecule has 82 valence electrons. The molecule has 0 spiro atoms. The zero-order valence-electron chi connectivity index (χ0n) is 9.56. The van der Waals surface area contributed by atoms with E-state index >= 15 is 0 Å². The van der Waals surface area contributed by atoms with Crippen molar-refractivity contribution in [1.29, 1.82) is 0 Å². The summed E-state index contributed by atoms with van der Waals surface area (Å²) in [7, 11) is -1.60. The van der Waals surface area contributed by atoms with Crippen LogP contribution < -0.4 is 0 Å². The lowest BCUT2D eigenvalue weighted by Gasteiger charge is -2.23. The summed E-state index contributed by atoms with van der Waals surface area (Å²) in [6.07, 6.45) is 1.76. The second-order valence-corrected chi connectivity index (χ2v) is 10.2. The van der Waals surface area contributed by atoms with Gasteiger partial charge in [-0.15, -0.1) is 0 Å². The van der Waals surface area contributed by atoms with Crippen LogP contribution in [0.1, 0.15) is 13.8 Å². The van der Waals surface area contributed by atoms with Crippen LogP contribution in [0.5, 0.6) is 0 Å². The molecule has 0 aliphatic heterocycles. The molecule has 1 unspecified atom stereocenters. The van der Waals surface area contributed by atoms with E-state index in [9.17, 15) is 0 Å². The minimum absolute atomic E-state index is 0.105. The topological polar surface area (TPSA) is 18.5 Å². The summed E-state index contributed by atoms with van der Waals surface area (Å²) < 4.78 is 11.5. The Morgan fingerprint density at radius 3 is 2.21 bits per heavy atom. The molecule has 0 aromatic rings. The largest absolute Gasteiger partial charge is 0.519 e. The van der Waals surface area contributed by atoms with E-state index in [-0.39, 0.29) is 4.11 Å². The Balaban J connectivity index is 4.66. The number of halogens is 1. The van der Waals surface area contributed by atoms with Crippen LogP contribution in [-0.4, -0.2) is 12.4 Å². The summed E-state index contributed by atoms with van der Waals surface area (Å²) in [5, 5.41) is 0. The maximum Gasteiger partial charge on any atom is 0.269 e. The van der Waals surface area contributed by atoms with E-state index in [0.29, 0.717) is 5.95 Å². The fourth-order valence-corrected chi connectivity index (χ4v) is 1.70. The minimum atomic E-state index is -1.60. The normalized spacial score (nSPS) is 15.6. The van der Waals surface area contributed by atoms with Gasteiger partial charge in [0, 0.05) is 5.57 Å². The smallest absolute Gasteiger partial charge is 0.269 e. The molecule has 1 atom stereocenters. The van der Waals surface area contributed by atoms with Crippen LogP contribution in [0.4, 0.5) is 0 Å². The van der Waals surface area contributed by atoms with Gasteiger partial charge in [-0.3, -0.25) is 0 Å². The fourth-order valence-electron chi connectivity index (χ4n) is 0.706. The van der Waals surface area contributed by atoms with Crippen LogP contribution >= 0.6 is 22.6 Å². The number of alkyl halides is 1. The lowest BCUT2D eigenvalue weighted by atomic mass is 10.3. The summed E-state index contributed by atoms with van der Waals surface area (Å²) in [6.45, 7) is 14.0. The molecule has 0 fully saturated rings. The van der Waals surface area contributed by atoms with E-state index in [1.165, 1.54) is 0 Å². The number of hydrogen-bond donors (Lipinski definition) is 0. The first-order valence-electron chi connectivity index (χ1n) is 4.59. The summed E-state index contributed by atoms with van der Waals surface area (Å²) in [4.78, 5) is 0. The Bertz CT molecular complexity index is 229. The van der Waals surface area contributed by atoms with Crippen molar-refractivity contribution >= 4 is 30.9 Å². The molecule has 2 nitrogen and oxygen atoms in total. The Labute approximate surface area is 102 Å². The summed E-state index contributed by atoms with van der Waals surface area (Å²) in [5.41, 5.74) is 0.955. The first-order chi connectivity index (χ1) is 6.26. The SMILES string of the molecule is C=CC(C)=C(OC(C)I)O[Si](C)(C)C. The third-order valence-corrected chi connectivity index (χ3v) is 2.35. The number of ether oxygens (including phenoxy) is 1. The van der Waals surface area contributed by atoms with Crippen LogP contribution in [0.25, 0.3) is 0 Å². The summed E-state index contributed by atoms with van der Waals surface area (Å²) in [5.74, 6) is 0.626. The van der Waals surface area contributed by atoms with Gasteiger partial charge in [0.1, 0.15) is 4.11 Å². The Kier molecular flexibility index (Phi) is 5.81. The van der Waals surface area contributed by atoms with Crippen molar-refractivity contribution in [2.75, 3.05) is 0 Å². The van der Waals surface area contributed by atoms with E-state index in [0.717, 1.165) is 5.57 Å². The minimum Gasteiger partial charge on any atom is -0.519 e. The van der Waals surface area contributed by atoms with Crippen molar-refractivity contribution < 1.29 is 9.16 Å². The van der Waals surface area contributed by atoms with Gasteiger partial charge in [0.25, 0.3) is 5.95 Å². The van der Waals surface area contributed by atoms with Crippen molar-refractivity contribution in [3.05, 3.63) is 24.2 Å². The van der Waals surface area contributed by atoms with Gasteiger partial charge in [-0.2, -0.15) is 0 Å². The molecule has 0 heterocycles. The second-order valence-electron chi connectivity index (χ2n) is 4.05. The zero-order valence-corrected chi connectivity index (χ0v) is 12.7.